The van der Waals surface area contributed by atoms with Crippen molar-refractivity contribution in [1.82, 2.24) is 19.6 Å². The number of hydrogen-bond donors (Lipinski definition) is 1. The van der Waals surface area contributed by atoms with Crippen molar-refractivity contribution in [2.75, 3.05) is 52.5 Å². The predicted molar refractivity (Wildman–Crippen MR) is 86.8 cm³/mol. The Morgan fingerprint density at radius 1 is 1.27 bits per heavy atom. The van der Waals surface area contributed by atoms with Crippen LogP contribution in [0.4, 0.5) is 0 Å². The van der Waals surface area contributed by atoms with Gasteiger partial charge >= 0.3 is 0 Å². The molecule has 1 saturated heterocycles. The van der Waals surface area contributed by atoms with E-state index in [1.165, 1.54) is 5.56 Å². The minimum absolute atomic E-state index is 0.00780. The molecule has 1 aliphatic heterocycles. The summed E-state index contributed by atoms with van der Waals surface area (Å²) < 4.78 is 7.38. The van der Waals surface area contributed by atoms with E-state index in [1.54, 1.807) is 0 Å². The van der Waals surface area contributed by atoms with Crippen molar-refractivity contribution in [2.24, 2.45) is 0 Å². The van der Waals surface area contributed by atoms with Crippen LogP contribution in [0.25, 0.3) is 0 Å². The van der Waals surface area contributed by atoms with Crippen LogP contribution in [0.5, 0.6) is 0 Å². The molecule has 0 saturated carbocycles. The number of aliphatic hydroxyl groups is 1. The number of nitrogens with zero attached hydrogens (tertiary/aromatic N) is 4. The summed E-state index contributed by atoms with van der Waals surface area (Å²) in [7, 11) is 0. The Balaban J connectivity index is 1.86. The molecule has 126 valence electrons. The Morgan fingerprint density at radius 2 is 2.00 bits per heavy atom. The number of aromatic nitrogens is 2. The molecule has 2 heterocycles. The fourth-order valence-corrected chi connectivity index (χ4v) is 2.59. The van der Waals surface area contributed by atoms with Crippen molar-refractivity contribution >= 4 is 0 Å². The van der Waals surface area contributed by atoms with Crippen LogP contribution < -0.4 is 0 Å². The highest BCUT2D eigenvalue weighted by Crippen LogP contribution is 2.14. The van der Waals surface area contributed by atoms with E-state index in [0.29, 0.717) is 6.54 Å². The van der Waals surface area contributed by atoms with Crippen molar-refractivity contribution < 1.29 is 9.84 Å². The standard InChI is InChI=1S/C16H30N4O2/c1-16(2,3)20-14-15(12-17-20)13-19(6-9-21)5-4-18-7-10-22-11-8-18/h12,14,21H,4-11,13H2,1-3H3. The van der Waals surface area contributed by atoms with E-state index in [0.717, 1.165) is 45.9 Å². The summed E-state index contributed by atoms with van der Waals surface area (Å²) >= 11 is 0. The number of hydrogen-bond acceptors (Lipinski definition) is 5. The molecule has 0 aliphatic carbocycles. The maximum atomic E-state index is 9.29. The van der Waals surface area contributed by atoms with Gasteiger partial charge in [0.1, 0.15) is 0 Å². The Hall–Kier alpha value is -0.950. The zero-order chi connectivity index (χ0) is 16.0. The third kappa shape index (κ3) is 5.35. The summed E-state index contributed by atoms with van der Waals surface area (Å²) in [6.45, 7) is 13.8. The molecule has 1 aromatic heterocycles. The Labute approximate surface area is 133 Å². The second kappa shape index (κ2) is 8.06. The molecule has 22 heavy (non-hydrogen) atoms. The van der Waals surface area contributed by atoms with Crippen LogP contribution in [-0.2, 0) is 16.8 Å². The smallest absolute Gasteiger partial charge is 0.0594 e. The van der Waals surface area contributed by atoms with Gasteiger partial charge in [0.2, 0.25) is 0 Å². The molecule has 1 N–H and O–H groups in total. The van der Waals surface area contributed by atoms with Crippen LogP contribution in [0.15, 0.2) is 12.4 Å². The highest BCUT2D eigenvalue weighted by atomic mass is 16.5. The van der Waals surface area contributed by atoms with E-state index in [4.69, 9.17) is 4.74 Å². The van der Waals surface area contributed by atoms with Gasteiger partial charge in [0, 0.05) is 51.0 Å². The van der Waals surface area contributed by atoms with Crippen molar-refractivity contribution in [3.8, 4) is 0 Å². The van der Waals surface area contributed by atoms with Crippen LogP contribution in [-0.4, -0.2) is 77.2 Å². The van der Waals surface area contributed by atoms with Crippen molar-refractivity contribution in [3.63, 3.8) is 0 Å². The molecule has 1 fully saturated rings. The minimum atomic E-state index is 0.00780. The molecule has 0 amide bonds. The van der Waals surface area contributed by atoms with Crippen LogP contribution >= 0.6 is 0 Å². The lowest BCUT2D eigenvalue weighted by atomic mass is 10.1. The molecule has 6 heteroatoms. The van der Waals surface area contributed by atoms with Crippen molar-refractivity contribution in [2.45, 2.75) is 32.9 Å². The molecule has 0 atom stereocenters. The number of rotatable bonds is 7. The molecule has 1 aromatic rings. The normalized spacial score (nSPS) is 17.3. The average Bonchev–Trinajstić information content (AvgIpc) is 2.95. The minimum Gasteiger partial charge on any atom is -0.395 e. The highest BCUT2D eigenvalue weighted by Gasteiger charge is 2.16. The molecule has 0 bridgehead atoms. The second-order valence-corrected chi connectivity index (χ2v) is 6.92. The molecule has 0 radical (unpaired) electrons. The lowest BCUT2D eigenvalue weighted by Gasteiger charge is -2.29. The number of ether oxygens (including phenoxy) is 1. The largest absolute Gasteiger partial charge is 0.395 e. The van der Waals surface area contributed by atoms with E-state index in [1.807, 2.05) is 10.9 Å². The topological polar surface area (TPSA) is 53.8 Å². The predicted octanol–water partition coefficient (Wildman–Crippen LogP) is 0.765. The average molecular weight is 310 g/mol. The summed E-state index contributed by atoms with van der Waals surface area (Å²) in [5.41, 5.74) is 1.21. The summed E-state index contributed by atoms with van der Waals surface area (Å²) in [6, 6.07) is 0. The van der Waals surface area contributed by atoms with Gasteiger partial charge in [0.25, 0.3) is 0 Å². The molecular weight excluding hydrogens is 280 g/mol. The summed E-state index contributed by atoms with van der Waals surface area (Å²) in [5.74, 6) is 0. The lowest BCUT2D eigenvalue weighted by Crippen LogP contribution is -2.41. The fraction of sp³-hybridized carbons (Fsp3) is 0.812. The van der Waals surface area contributed by atoms with Gasteiger partial charge in [-0.05, 0) is 20.8 Å². The monoisotopic (exact) mass is 310 g/mol. The Kier molecular flexibility index (Phi) is 6.37. The first-order valence-electron chi connectivity index (χ1n) is 8.16. The maximum Gasteiger partial charge on any atom is 0.0594 e. The number of morpholine rings is 1. The van der Waals surface area contributed by atoms with Gasteiger partial charge in [-0.1, -0.05) is 0 Å². The van der Waals surface area contributed by atoms with Crippen LogP contribution in [0.2, 0.25) is 0 Å². The van der Waals surface area contributed by atoms with E-state index in [2.05, 4.69) is 41.9 Å². The van der Waals surface area contributed by atoms with Gasteiger partial charge in [0.05, 0.1) is 31.6 Å². The number of aliphatic hydroxyl groups excluding tert-OH is 1. The second-order valence-electron chi connectivity index (χ2n) is 6.92. The summed E-state index contributed by atoms with van der Waals surface area (Å²) in [4.78, 5) is 4.71. The Bertz CT molecular complexity index is 436. The first kappa shape index (κ1) is 17.4. The van der Waals surface area contributed by atoms with E-state index in [-0.39, 0.29) is 12.1 Å². The first-order chi connectivity index (χ1) is 10.5. The summed E-state index contributed by atoms with van der Waals surface area (Å²) in [6.07, 6.45) is 4.05. The van der Waals surface area contributed by atoms with Gasteiger partial charge in [-0.25, -0.2) is 0 Å². The molecule has 2 rings (SSSR count). The van der Waals surface area contributed by atoms with E-state index >= 15 is 0 Å². The maximum absolute atomic E-state index is 9.29. The molecule has 0 unspecified atom stereocenters. The SMILES string of the molecule is CC(C)(C)n1cc(CN(CCO)CCN2CCOCC2)cn1. The molecule has 6 nitrogen and oxygen atoms in total. The Morgan fingerprint density at radius 3 is 2.59 bits per heavy atom. The van der Waals surface area contributed by atoms with Crippen molar-refractivity contribution in [1.29, 1.82) is 0 Å². The van der Waals surface area contributed by atoms with Gasteiger partial charge in [-0.3, -0.25) is 14.5 Å². The van der Waals surface area contributed by atoms with Gasteiger partial charge in [-0.15, -0.1) is 0 Å². The van der Waals surface area contributed by atoms with E-state index in [9.17, 15) is 5.11 Å². The van der Waals surface area contributed by atoms with Gasteiger partial charge < -0.3 is 9.84 Å². The molecule has 0 aromatic carbocycles. The zero-order valence-corrected chi connectivity index (χ0v) is 14.2. The van der Waals surface area contributed by atoms with Gasteiger partial charge in [0.15, 0.2) is 0 Å². The third-order valence-corrected chi connectivity index (χ3v) is 3.98. The van der Waals surface area contributed by atoms with Crippen molar-refractivity contribution in [3.05, 3.63) is 18.0 Å². The zero-order valence-electron chi connectivity index (χ0n) is 14.2. The molecule has 1 aliphatic rings. The lowest BCUT2D eigenvalue weighted by molar-refractivity contribution is 0.0320. The van der Waals surface area contributed by atoms with Crippen LogP contribution in [0, 0.1) is 0 Å². The highest BCUT2D eigenvalue weighted by molar-refractivity contribution is 5.05. The van der Waals surface area contributed by atoms with Crippen LogP contribution in [0.3, 0.4) is 0 Å². The first-order valence-corrected chi connectivity index (χ1v) is 8.16. The quantitative estimate of drug-likeness (QED) is 0.806. The molecule has 0 spiro atoms. The third-order valence-electron chi connectivity index (χ3n) is 3.98. The van der Waals surface area contributed by atoms with Gasteiger partial charge in [-0.2, -0.15) is 5.10 Å². The van der Waals surface area contributed by atoms with Crippen LogP contribution in [0.1, 0.15) is 26.3 Å². The van der Waals surface area contributed by atoms with E-state index < -0.39 is 0 Å². The molecular formula is C16H30N4O2. The summed E-state index contributed by atoms with van der Waals surface area (Å²) in [5, 5.41) is 13.7. The fourth-order valence-electron chi connectivity index (χ4n) is 2.59.